The highest BCUT2D eigenvalue weighted by Crippen LogP contribution is 2.23. The van der Waals surface area contributed by atoms with E-state index in [1.54, 1.807) is 0 Å². The van der Waals surface area contributed by atoms with Crippen LogP contribution in [0.15, 0.2) is 54.7 Å². The Kier molecular flexibility index (Phi) is 3.57. The van der Waals surface area contributed by atoms with Crippen molar-refractivity contribution < 1.29 is 0 Å². The molecule has 1 N–H and O–H groups in total. The maximum atomic E-state index is 6.22. The number of nitrogens with zero attached hydrogens (tertiary/aromatic N) is 1. The first-order chi connectivity index (χ1) is 9.72. The zero-order valence-corrected chi connectivity index (χ0v) is 12.0. The molecule has 3 aromatic rings. The van der Waals surface area contributed by atoms with Gasteiger partial charge in [-0.3, -0.25) is 4.98 Å². The van der Waals surface area contributed by atoms with E-state index in [0.717, 1.165) is 33.7 Å². The number of hydrogen-bond acceptors (Lipinski definition) is 2. The Balaban J connectivity index is 1.79. The van der Waals surface area contributed by atoms with Crippen LogP contribution in [0.1, 0.15) is 11.1 Å². The number of rotatable bonds is 3. The van der Waals surface area contributed by atoms with Gasteiger partial charge in [0.1, 0.15) is 0 Å². The van der Waals surface area contributed by atoms with E-state index in [1.807, 2.05) is 37.4 Å². The van der Waals surface area contributed by atoms with Gasteiger partial charge in [0.25, 0.3) is 0 Å². The fourth-order valence-corrected chi connectivity index (χ4v) is 2.50. The third-order valence-corrected chi connectivity index (χ3v) is 3.59. The van der Waals surface area contributed by atoms with Crippen LogP contribution >= 0.6 is 11.6 Å². The summed E-state index contributed by atoms with van der Waals surface area (Å²) in [7, 11) is 0. The van der Waals surface area contributed by atoms with E-state index < -0.39 is 0 Å². The summed E-state index contributed by atoms with van der Waals surface area (Å²) in [4.78, 5) is 4.32. The van der Waals surface area contributed by atoms with Crippen molar-refractivity contribution in [1.82, 2.24) is 4.98 Å². The minimum absolute atomic E-state index is 0.744. The summed E-state index contributed by atoms with van der Waals surface area (Å²) in [5.41, 5.74) is 4.35. The number of aromatic nitrogens is 1. The van der Waals surface area contributed by atoms with Crippen LogP contribution in [0.4, 0.5) is 5.69 Å². The van der Waals surface area contributed by atoms with Crippen molar-refractivity contribution >= 4 is 28.2 Å². The van der Waals surface area contributed by atoms with Crippen molar-refractivity contribution in [2.45, 2.75) is 13.5 Å². The predicted octanol–water partition coefficient (Wildman–Crippen LogP) is 4.81. The molecular formula is C17H15ClN2. The molecule has 1 heterocycles. The summed E-state index contributed by atoms with van der Waals surface area (Å²) in [6.07, 6.45) is 1.81. The van der Waals surface area contributed by atoms with Crippen LogP contribution in [-0.4, -0.2) is 4.98 Å². The number of nitrogens with one attached hydrogen (secondary N) is 1. The molecule has 100 valence electrons. The molecule has 1 aromatic heterocycles. The molecule has 20 heavy (non-hydrogen) atoms. The van der Waals surface area contributed by atoms with E-state index >= 15 is 0 Å². The molecule has 0 bridgehead atoms. The Hall–Kier alpha value is -2.06. The predicted molar refractivity (Wildman–Crippen MR) is 85.3 cm³/mol. The molecule has 0 unspecified atom stereocenters. The highest BCUT2D eigenvalue weighted by molar-refractivity contribution is 6.33. The third-order valence-electron chi connectivity index (χ3n) is 3.27. The van der Waals surface area contributed by atoms with Crippen LogP contribution in [0.5, 0.6) is 0 Å². The normalized spacial score (nSPS) is 10.7. The van der Waals surface area contributed by atoms with Crippen LogP contribution in [-0.2, 0) is 6.54 Å². The van der Waals surface area contributed by atoms with Crippen LogP contribution in [0.2, 0.25) is 5.02 Å². The van der Waals surface area contributed by atoms with Gasteiger partial charge in [0.2, 0.25) is 0 Å². The molecular weight excluding hydrogens is 268 g/mol. The van der Waals surface area contributed by atoms with Gasteiger partial charge in [-0.25, -0.2) is 0 Å². The first-order valence-electron chi connectivity index (χ1n) is 6.56. The van der Waals surface area contributed by atoms with Gasteiger partial charge in [-0.2, -0.15) is 0 Å². The first kappa shape index (κ1) is 12.9. The van der Waals surface area contributed by atoms with Crippen molar-refractivity contribution in [3.8, 4) is 0 Å². The van der Waals surface area contributed by atoms with Crippen molar-refractivity contribution in [2.24, 2.45) is 0 Å². The second kappa shape index (κ2) is 5.51. The average molecular weight is 283 g/mol. The summed E-state index contributed by atoms with van der Waals surface area (Å²) >= 11 is 6.22. The lowest BCUT2D eigenvalue weighted by Gasteiger charge is -2.09. The fraction of sp³-hybridized carbons (Fsp3) is 0.118. The van der Waals surface area contributed by atoms with Crippen LogP contribution in [0, 0.1) is 6.92 Å². The molecule has 0 spiro atoms. The maximum Gasteiger partial charge on any atom is 0.0702 e. The largest absolute Gasteiger partial charge is 0.380 e. The molecule has 0 saturated carbocycles. The molecule has 3 heteroatoms. The van der Waals surface area contributed by atoms with E-state index in [9.17, 15) is 0 Å². The number of hydrogen-bond donors (Lipinski definition) is 1. The van der Waals surface area contributed by atoms with Gasteiger partial charge in [0.05, 0.1) is 16.2 Å². The summed E-state index contributed by atoms with van der Waals surface area (Å²) in [5, 5.41) is 5.28. The Labute approximate surface area is 123 Å². The van der Waals surface area contributed by atoms with Crippen molar-refractivity contribution in [3.05, 3.63) is 70.9 Å². The zero-order chi connectivity index (χ0) is 13.9. The molecule has 0 fully saturated rings. The van der Waals surface area contributed by atoms with Crippen LogP contribution in [0.3, 0.4) is 0 Å². The summed E-state index contributed by atoms with van der Waals surface area (Å²) < 4.78 is 0. The average Bonchev–Trinajstić information content (AvgIpc) is 2.46. The van der Waals surface area contributed by atoms with E-state index in [4.69, 9.17) is 11.6 Å². The van der Waals surface area contributed by atoms with Crippen molar-refractivity contribution in [3.63, 3.8) is 0 Å². The van der Waals surface area contributed by atoms with Crippen molar-refractivity contribution in [1.29, 1.82) is 0 Å². The molecule has 0 aliphatic heterocycles. The quantitative estimate of drug-likeness (QED) is 0.746. The number of benzene rings is 2. The monoisotopic (exact) mass is 282 g/mol. The van der Waals surface area contributed by atoms with Crippen LogP contribution in [0.25, 0.3) is 10.9 Å². The van der Waals surface area contributed by atoms with Gasteiger partial charge in [-0.15, -0.1) is 0 Å². The topological polar surface area (TPSA) is 24.9 Å². The molecule has 0 saturated heterocycles. The zero-order valence-electron chi connectivity index (χ0n) is 11.2. The molecule has 0 radical (unpaired) electrons. The highest BCUT2D eigenvalue weighted by Gasteiger charge is 2.01. The summed E-state index contributed by atoms with van der Waals surface area (Å²) in [6, 6.07) is 16.3. The van der Waals surface area contributed by atoms with E-state index in [1.165, 1.54) is 5.56 Å². The number of anilines is 1. The summed E-state index contributed by atoms with van der Waals surface area (Å²) in [5.74, 6) is 0. The Morgan fingerprint density at radius 2 is 2.00 bits per heavy atom. The second-order valence-corrected chi connectivity index (χ2v) is 5.27. The SMILES string of the molecule is Cc1ccc(NCc2ccc3ncccc3c2)c(Cl)c1. The van der Waals surface area contributed by atoms with Gasteiger partial charge in [-0.1, -0.05) is 29.8 Å². The molecule has 0 aliphatic carbocycles. The maximum absolute atomic E-state index is 6.22. The van der Waals surface area contributed by atoms with Gasteiger partial charge in [0.15, 0.2) is 0 Å². The lowest BCUT2D eigenvalue weighted by molar-refractivity contribution is 1.15. The lowest BCUT2D eigenvalue weighted by Crippen LogP contribution is -2.00. The minimum Gasteiger partial charge on any atom is -0.380 e. The van der Waals surface area contributed by atoms with Gasteiger partial charge >= 0.3 is 0 Å². The summed E-state index contributed by atoms with van der Waals surface area (Å²) in [6.45, 7) is 2.78. The molecule has 0 aliphatic rings. The van der Waals surface area contributed by atoms with E-state index in [2.05, 4.69) is 34.6 Å². The van der Waals surface area contributed by atoms with Crippen LogP contribution < -0.4 is 5.32 Å². The Bertz CT molecular complexity index is 753. The number of aryl methyl sites for hydroxylation is 1. The second-order valence-electron chi connectivity index (χ2n) is 4.87. The van der Waals surface area contributed by atoms with E-state index in [-0.39, 0.29) is 0 Å². The Morgan fingerprint density at radius 3 is 2.85 bits per heavy atom. The molecule has 0 atom stereocenters. The number of halogens is 1. The number of fused-ring (bicyclic) bond motifs is 1. The third kappa shape index (κ3) is 2.75. The van der Waals surface area contributed by atoms with E-state index in [0.29, 0.717) is 0 Å². The molecule has 2 nitrogen and oxygen atoms in total. The fourth-order valence-electron chi connectivity index (χ4n) is 2.20. The first-order valence-corrected chi connectivity index (χ1v) is 6.94. The smallest absolute Gasteiger partial charge is 0.0702 e. The van der Waals surface area contributed by atoms with Gasteiger partial charge in [0, 0.05) is 18.1 Å². The minimum atomic E-state index is 0.744. The van der Waals surface area contributed by atoms with Gasteiger partial charge in [-0.05, 0) is 48.4 Å². The molecule has 3 rings (SSSR count). The number of pyridine rings is 1. The van der Waals surface area contributed by atoms with Gasteiger partial charge < -0.3 is 5.32 Å². The standard InChI is InChI=1S/C17H15ClN2/c1-12-4-6-17(15(18)9-12)20-11-13-5-7-16-14(10-13)3-2-8-19-16/h2-10,20H,11H2,1H3. The highest BCUT2D eigenvalue weighted by atomic mass is 35.5. The van der Waals surface area contributed by atoms with Crippen molar-refractivity contribution in [2.75, 3.05) is 5.32 Å². The Morgan fingerprint density at radius 1 is 1.10 bits per heavy atom. The lowest BCUT2D eigenvalue weighted by atomic mass is 10.1. The molecule has 2 aromatic carbocycles. The molecule has 0 amide bonds.